The highest BCUT2D eigenvalue weighted by atomic mass is 16.5. The van der Waals surface area contributed by atoms with E-state index >= 15 is 0 Å². The predicted octanol–water partition coefficient (Wildman–Crippen LogP) is 0.964. The summed E-state index contributed by atoms with van der Waals surface area (Å²) in [4.78, 5) is 16.9. The fourth-order valence-electron chi connectivity index (χ4n) is 0.442. The third-order valence-electron chi connectivity index (χ3n) is 0.927. The highest BCUT2D eigenvalue weighted by Gasteiger charge is 1.74. The van der Waals surface area contributed by atoms with E-state index in [2.05, 4.69) is 14.7 Å². The molecule has 0 aliphatic rings. The predicted molar refractivity (Wildman–Crippen MR) is 44.5 cm³/mol. The molecule has 0 bridgehead atoms. The standard InChI is InChI=1S/C5H6N2.C3H6O2/c1-5-4-6-2-3-7-5;1-2-5-3-4/h2-4H,1H3;3H,2H2,1H3. The van der Waals surface area contributed by atoms with Crippen molar-refractivity contribution in [1.29, 1.82) is 0 Å². The van der Waals surface area contributed by atoms with Gasteiger partial charge in [-0.3, -0.25) is 14.8 Å². The van der Waals surface area contributed by atoms with Gasteiger partial charge >= 0.3 is 0 Å². The minimum absolute atomic E-state index is 0.431. The van der Waals surface area contributed by atoms with Gasteiger partial charge in [0.25, 0.3) is 6.47 Å². The Balaban J connectivity index is 0.000000217. The van der Waals surface area contributed by atoms with Gasteiger partial charge in [0, 0.05) is 18.6 Å². The van der Waals surface area contributed by atoms with Crippen LogP contribution < -0.4 is 0 Å². The Labute approximate surface area is 71.6 Å². The summed E-state index contributed by atoms with van der Waals surface area (Å²) in [6.45, 7) is 4.57. The number of nitrogens with zero attached hydrogens (tertiary/aromatic N) is 2. The average molecular weight is 168 g/mol. The normalized spacial score (nSPS) is 7.83. The number of rotatable bonds is 2. The zero-order chi connectivity index (χ0) is 9.23. The summed E-state index contributed by atoms with van der Waals surface area (Å²) in [7, 11) is 0. The molecule has 0 radical (unpaired) electrons. The highest BCUT2D eigenvalue weighted by molar-refractivity contribution is 5.36. The zero-order valence-corrected chi connectivity index (χ0v) is 7.23. The van der Waals surface area contributed by atoms with E-state index in [0.29, 0.717) is 13.1 Å². The number of carbonyl (C=O) groups is 1. The second-order valence-electron chi connectivity index (χ2n) is 1.90. The van der Waals surface area contributed by atoms with Gasteiger partial charge in [-0.25, -0.2) is 0 Å². The van der Waals surface area contributed by atoms with Crippen molar-refractivity contribution in [3.05, 3.63) is 24.3 Å². The lowest BCUT2D eigenvalue weighted by Crippen LogP contribution is -1.80. The molecule has 0 aliphatic carbocycles. The highest BCUT2D eigenvalue weighted by Crippen LogP contribution is 1.81. The second-order valence-corrected chi connectivity index (χ2v) is 1.90. The fourth-order valence-corrected chi connectivity index (χ4v) is 0.442. The molecule has 0 N–H and O–H groups in total. The Morgan fingerprint density at radius 1 is 1.58 bits per heavy atom. The van der Waals surface area contributed by atoms with E-state index in [1.807, 2.05) is 6.92 Å². The van der Waals surface area contributed by atoms with E-state index in [0.717, 1.165) is 5.69 Å². The molecular formula is C8H12N2O2. The Morgan fingerprint density at radius 2 is 2.33 bits per heavy atom. The lowest BCUT2D eigenvalue weighted by atomic mass is 10.5. The van der Waals surface area contributed by atoms with Crippen LogP contribution in [0.3, 0.4) is 0 Å². The number of aryl methyl sites for hydroxylation is 1. The minimum atomic E-state index is 0.431. The van der Waals surface area contributed by atoms with Crippen LogP contribution in [0.4, 0.5) is 0 Å². The van der Waals surface area contributed by atoms with Gasteiger partial charge in [0.05, 0.1) is 12.3 Å². The van der Waals surface area contributed by atoms with Crippen LogP contribution in [0.5, 0.6) is 0 Å². The van der Waals surface area contributed by atoms with Gasteiger partial charge in [-0.2, -0.15) is 0 Å². The molecule has 0 atom stereocenters. The van der Waals surface area contributed by atoms with Crippen molar-refractivity contribution in [3.63, 3.8) is 0 Å². The smallest absolute Gasteiger partial charge is 0.293 e. The number of aromatic nitrogens is 2. The molecule has 0 aliphatic heterocycles. The Hall–Kier alpha value is -1.45. The van der Waals surface area contributed by atoms with Gasteiger partial charge in [0.2, 0.25) is 0 Å². The maximum Gasteiger partial charge on any atom is 0.293 e. The average Bonchev–Trinajstić information content (AvgIpc) is 2.08. The Morgan fingerprint density at radius 3 is 2.50 bits per heavy atom. The van der Waals surface area contributed by atoms with Crippen LogP contribution in [0.2, 0.25) is 0 Å². The minimum Gasteiger partial charge on any atom is -0.468 e. The molecule has 0 saturated carbocycles. The van der Waals surface area contributed by atoms with Crippen molar-refractivity contribution < 1.29 is 9.53 Å². The molecule has 0 spiro atoms. The Kier molecular flexibility index (Phi) is 6.73. The summed E-state index contributed by atoms with van der Waals surface area (Å²) >= 11 is 0. The lowest BCUT2D eigenvalue weighted by molar-refractivity contribution is -0.128. The topological polar surface area (TPSA) is 52.1 Å². The summed E-state index contributed by atoms with van der Waals surface area (Å²) in [5.41, 5.74) is 0.961. The van der Waals surface area contributed by atoms with Crippen LogP contribution in [0.25, 0.3) is 0 Å². The van der Waals surface area contributed by atoms with E-state index in [9.17, 15) is 4.79 Å². The van der Waals surface area contributed by atoms with E-state index in [1.54, 1.807) is 25.5 Å². The van der Waals surface area contributed by atoms with Crippen LogP contribution in [-0.4, -0.2) is 23.0 Å². The first kappa shape index (κ1) is 10.6. The molecule has 66 valence electrons. The van der Waals surface area contributed by atoms with Crippen LogP contribution in [-0.2, 0) is 9.53 Å². The molecular weight excluding hydrogens is 156 g/mol. The molecule has 0 fully saturated rings. The van der Waals surface area contributed by atoms with Crippen molar-refractivity contribution in [2.75, 3.05) is 6.61 Å². The molecule has 1 heterocycles. The molecule has 1 rings (SSSR count). The van der Waals surface area contributed by atoms with Gasteiger partial charge in [0.1, 0.15) is 0 Å². The maximum atomic E-state index is 9.18. The van der Waals surface area contributed by atoms with E-state index in [1.165, 1.54) is 0 Å². The number of carbonyl (C=O) groups excluding carboxylic acids is 1. The summed E-state index contributed by atoms with van der Waals surface area (Å²) in [5, 5.41) is 0. The first-order chi connectivity index (χ1) is 5.81. The molecule has 4 heteroatoms. The zero-order valence-electron chi connectivity index (χ0n) is 7.23. The van der Waals surface area contributed by atoms with Crippen molar-refractivity contribution >= 4 is 6.47 Å². The maximum absolute atomic E-state index is 9.18. The SMILES string of the molecule is CCOC=O.Cc1cnccn1. The molecule has 0 amide bonds. The van der Waals surface area contributed by atoms with Crippen molar-refractivity contribution in [1.82, 2.24) is 9.97 Å². The van der Waals surface area contributed by atoms with E-state index < -0.39 is 0 Å². The number of hydrogen-bond acceptors (Lipinski definition) is 4. The molecule has 0 unspecified atom stereocenters. The van der Waals surface area contributed by atoms with Crippen LogP contribution in [0, 0.1) is 6.92 Å². The van der Waals surface area contributed by atoms with Crippen molar-refractivity contribution in [2.45, 2.75) is 13.8 Å². The Bertz CT molecular complexity index is 201. The molecule has 4 nitrogen and oxygen atoms in total. The lowest BCUT2D eigenvalue weighted by Gasteiger charge is -1.81. The van der Waals surface area contributed by atoms with E-state index in [4.69, 9.17) is 0 Å². The summed E-state index contributed by atoms with van der Waals surface area (Å²) in [6.07, 6.45) is 5.06. The van der Waals surface area contributed by atoms with Crippen molar-refractivity contribution in [2.24, 2.45) is 0 Å². The number of ether oxygens (including phenoxy) is 1. The summed E-state index contributed by atoms with van der Waals surface area (Å²) in [6, 6.07) is 0. The van der Waals surface area contributed by atoms with Crippen LogP contribution >= 0.6 is 0 Å². The van der Waals surface area contributed by atoms with Gasteiger partial charge < -0.3 is 4.74 Å². The molecule has 1 aromatic rings. The monoisotopic (exact) mass is 168 g/mol. The second kappa shape index (κ2) is 7.65. The van der Waals surface area contributed by atoms with Gasteiger partial charge in [0.15, 0.2) is 0 Å². The number of hydrogen-bond donors (Lipinski definition) is 0. The molecule has 0 saturated heterocycles. The van der Waals surface area contributed by atoms with Crippen LogP contribution in [0.1, 0.15) is 12.6 Å². The largest absolute Gasteiger partial charge is 0.468 e. The first-order valence-corrected chi connectivity index (χ1v) is 3.59. The third-order valence-corrected chi connectivity index (χ3v) is 0.927. The van der Waals surface area contributed by atoms with Gasteiger partial charge in [-0.15, -0.1) is 0 Å². The van der Waals surface area contributed by atoms with Crippen molar-refractivity contribution in [3.8, 4) is 0 Å². The van der Waals surface area contributed by atoms with Gasteiger partial charge in [-0.05, 0) is 13.8 Å². The third kappa shape index (κ3) is 6.67. The first-order valence-electron chi connectivity index (χ1n) is 3.59. The fraction of sp³-hybridized carbons (Fsp3) is 0.375. The van der Waals surface area contributed by atoms with Crippen LogP contribution in [0.15, 0.2) is 18.6 Å². The quantitative estimate of drug-likeness (QED) is 0.617. The molecule has 12 heavy (non-hydrogen) atoms. The summed E-state index contributed by atoms with van der Waals surface area (Å²) < 4.78 is 4.15. The van der Waals surface area contributed by atoms with E-state index in [-0.39, 0.29) is 0 Å². The molecule has 1 aromatic heterocycles. The van der Waals surface area contributed by atoms with Gasteiger partial charge in [-0.1, -0.05) is 0 Å². The molecule has 0 aromatic carbocycles. The summed E-state index contributed by atoms with van der Waals surface area (Å²) in [5.74, 6) is 0.